The molecule has 1 aliphatic heterocycles. The summed E-state index contributed by atoms with van der Waals surface area (Å²) >= 11 is 0. The quantitative estimate of drug-likeness (QED) is 0.887. The van der Waals surface area contributed by atoms with Crippen molar-refractivity contribution >= 4 is 0 Å². The van der Waals surface area contributed by atoms with Gasteiger partial charge in [-0.25, -0.2) is 8.78 Å². The van der Waals surface area contributed by atoms with Crippen molar-refractivity contribution in [3.8, 4) is 0 Å². The van der Waals surface area contributed by atoms with Crippen molar-refractivity contribution in [3.63, 3.8) is 0 Å². The van der Waals surface area contributed by atoms with E-state index in [4.69, 9.17) is 0 Å². The van der Waals surface area contributed by atoms with E-state index in [0.29, 0.717) is 5.56 Å². The van der Waals surface area contributed by atoms with Crippen LogP contribution in [-0.4, -0.2) is 31.1 Å². The van der Waals surface area contributed by atoms with Crippen LogP contribution in [0.4, 0.5) is 8.78 Å². The van der Waals surface area contributed by atoms with Crippen LogP contribution in [0.25, 0.3) is 0 Å². The Balaban J connectivity index is 2.36. The van der Waals surface area contributed by atoms with Gasteiger partial charge in [-0.15, -0.1) is 0 Å². The molecule has 1 N–H and O–H groups in total. The number of hydrogen-bond donors (Lipinski definition) is 1. The first-order valence-electron chi connectivity index (χ1n) is 6.79. The highest BCUT2D eigenvalue weighted by Gasteiger charge is 2.34. The minimum atomic E-state index is -0.519. The molecule has 0 radical (unpaired) electrons. The van der Waals surface area contributed by atoms with Crippen molar-refractivity contribution in [1.29, 1.82) is 0 Å². The van der Waals surface area contributed by atoms with Crippen LogP contribution in [0.3, 0.4) is 0 Å². The maximum Gasteiger partial charge on any atom is 0.130 e. The van der Waals surface area contributed by atoms with Gasteiger partial charge in [0.2, 0.25) is 0 Å². The highest BCUT2D eigenvalue weighted by molar-refractivity contribution is 5.24. The van der Waals surface area contributed by atoms with Crippen LogP contribution in [0.15, 0.2) is 18.2 Å². The topological polar surface area (TPSA) is 15.3 Å². The first kappa shape index (κ1) is 14.4. The minimum Gasteiger partial charge on any atom is -0.314 e. The Hall–Kier alpha value is -1.00. The van der Waals surface area contributed by atoms with Crippen molar-refractivity contribution in [2.24, 2.45) is 5.41 Å². The van der Waals surface area contributed by atoms with Gasteiger partial charge in [0.15, 0.2) is 0 Å². The van der Waals surface area contributed by atoms with Gasteiger partial charge >= 0.3 is 0 Å². The lowest BCUT2D eigenvalue weighted by atomic mass is 9.80. The van der Waals surface area contributed by atoms with Crippen LogP contribution in [0, 0.1) is 17.0 Å². The van der Waals surface area contributed by atoms with E-state index in [9.17, 15) is 8.78 Å². The molecule has 0 aromatic heterocycles. The summed E-state index contributed by atoms with van der Waals surface area (Å²) in [6, 6.07) is 3.88. The molecule has 106 valence electrons. The van der Waals surface area contributed by atoms with Gasteiger partial charge in [-0.3, -0.25) is 4.90 Å². The second-order valence-electron chi connectivity index (χ2n) is 6.22. The summed E-state index contributed by atoms with van der Waals surface area (Å²) in [6.45, 7) is 9.90. The summed E-state index contributed by atoms with van der Waals surface area (Å²) in [5.41, 5.74) is 0.492. The van der Waals surface area contributed by atoms with Gasteiger partial charge < -0.3 is 5.32 Å². The van der Waals surface area contributed by atoms with E-state index >= 15 is 0 Å². The van der Waals surface area contributed by atoms with Gasteiger partial charge in [0.05, 0.1) is 0 Å². The molecule has 0 saturated carbocycles. The van der Waals surface area contributed by atoms with E-state index in [0.717, 1.165) is 32.2 Å². The number of nitrogens with zero attached hydrogens (tertiary/aromatic N) is 1. The average molecular weight is 268 g/mol. The lowest BCUT2D eigenvalue weighted by Crippen LogP contribution is -2.48. The molecule has 1 saturated heterocycles. The summed E-state index contributed by atoms with van der Waals surface area (Å²) in [7, 11) is 0. The smallest absolute Gasteiger partial charge is 0.130 e. The molecule has 0 unspecified atom stereocenters. The third-order valence-electron chi connectivity index (χ3n) is 3.59. The van der Waals surface area contributed by atoms with Gasteiger partial charge in [-0.2, -0.15) is 0 Å². The third-order valence-corrected chi connectivity index (χ3v) is 3.59. The van der Waals surface area contributed by atoms with Crippen molar-refractivity contribution < 1.29 is 8.78 Å². The van der Waals surface area contributed by atoms with Gasteiger partial charge in [0.25, 0.3) is 0 Å². The van der Waals surface area contributed by atoms with Crippen LogP contribution in [0.2, 0.25) is 0 Å². The Morgan fingerprint density at radius 1 is 1.16 bits per heavy atom. The minimum absolute atomic E-state index is 0.0322. The standard InChI is InChI=1S/C15H22F2N2/c1-15(2,3)14(19-8-6-18-7-9-19)12-5-4-11(16)10-13(12)17/h4-5,10,14,18H,6-9H2,1-3H3/t14-/m0/s1. The maximum atomic E-state index is 14.1. The van der Waals surface area contributed by atoms with Crippen LogP contribution < -0.4 is 5.32 Å². The van der Waals surface area contributed by atoms with Crippen LogP contribution in [0.5, 0.6) is 0 Å². The van der Waals surface area contributed by atoms with Crippen LogP contribution in [0.1, 0.15) is 32.4 Å². The fourth-order valence-corrected chi connectivity index (χ4v) is 2.87. The molecule has 1 aliphatic rings. The Kier molecular flexibility index (Phi) is 4.21. The maximum absolute atomic E-state index is 14.1. The predicted molar refractivity (Wildman–Crippen MR) is 73.0 cm³/mol. The highest BCUT2D eigenvalue weighted by atomic mass is 19.1. The van der Waals surface area contributed by atoms with Crippen LogP contribution in [-0.2, 0) is 0 Å². The molecule has 19 heavy (non-hydrogen) atoms. The Bertz CT molecular complexity index is 434. The van der Waals surface area contributed by atoms with E-state index < -0.39 is 11.6 Å². The Morgan fingerprint density at radius 3 is 2.32 bits per heavy atom. The fraction of sp³-hybridized carbons (Fsp3) is 0.600. The first-order valence-corrected chi connectivity index (χ1v) is 6.79. The van der Waals surface area contributed by atoms with E-state index in [1.807, 2.05) is 0 Å². The Labute approximate surface area is 113 Å². The summed E-state index contributed by atoms with van der Waals surface area (Å²) in [6.07, 6.45) is 0. The van der Waals surface area contributed by atoms with Crippen molar-refractivity contribution in [3.05, 3.63) is 35.4 Å². The summed E-state index contributed by atoms with van der Waals surface area (Å²) in [4.78, 5) is 2.28. The lowest BCUT2D eigenvalue weighted by molar-refractivity contribution is 0.0833. The third kappa shape index (κ3) is 3.31. The van der Waals surface area contributed by atoms with E-state index in [-0.39, 0.29) is 11.5 Å². The zero-order valence-corrected chi connectivity index (χ0v) is 11.8. The summed E-state index contributed by atoms with van der Waals surface area (Å²) < 4.78 is 27.2. The largest absolute Gasteiger partial charge is 0.314 e. The molecule has 1 aromatic carbocycles. The van der Waals surface area contributed by atoms with E-state index in [2.05, 4.69) is 31.0 Å². The molecule has 0 bridgehead atoms. The molecule has 0 spiro atoms. The first-order chi connectivity index (χ1) is 8.89. The molecule has 1 aromatic rings. The molecule has 0 aliphatic carbocycles. The zero-order valence-electron chi connectivity index (χ0n) is 11.8. The molecular formula is C15H22F2N2. The van der Waals surface area contributed by atoms with Gasteiger partial charge in [-0.05, 0) is 11.5 Å². The predicted octanol–water partition coefficient (Wildman–Crippen LogP) is 2.96. The molecular weight excluding hydrogens is 246 g/mol. The molecule has 1 heterocycles. The Morgan fingerprint density at radius 2 is 1.79 bits per heavy atom. The van der Waals surface area contributed by atoms with Gasteiger partial charge in [-0.1, -0.05) is 26.8 Å². The molecule has 1 fully saturated rings. The molecule has 2 nitrogen and oxygen atoms in total. The number of rotatable bonds is 2. The summed E-state index contributed by atoms with van der Waals surface area (Å²) in [5.74, 6) is -0.965. The number of halogens is 2. The number of benzene rings is 1. The fourth-order valence-electron chi connectivity index (χ4n) is 2.87. The average Bonchev–Trinajstić information content (AvgIpc) is 2.32. The highest BCUT2D eigenvalue weighted by Crippen LogP contribution is 2.39. The summed E-state index contributed by atoms with van der Waals surface area (Å²) in [5, 5.41) is 3.30. The van der Waals surface area contributed by atoms with Gasteiger partial charge in [0, 0.05) is 43.9 Å². The van der Waals surface area contributed by atoms with E-state index in [1.54, 1.807) is 6.07 Å². The SMILES string of the molecule is CC(C)(C)[C@H](c1ccc(F)cc1F)N1CCNCC1. The van der Waals surface area contributed by atoms with Crippen molar-refractivity contribution in [2.75, 3.05) is 26.2 Å². The zero-order chi connectivity index (χ0) is 14.0. The van der Waals surface area contributed by atoms with Crippen molar-refractivity contribution in [2.45, 2.75) is 26.8 Å². The second-order valence-corrected chi connectivity index (χ2v) is 6.22. The molecule has 0 amide bonds. The molecule has 4 heteroatoms. The monoisotopic (exact) mass is 268 g/mol. The molecule has 2 rings (SSSR count). The second kappa shape index (κ2) is 5.55. The van der Waals surface area contributed by atoms with Gasteiger partial charge in [0.1, 0.15) is 11.6 Å². The lowest BCUT2D eigenvalue weighted by Gasteiger charge is -2.42. The van der Waals surface area contributed by atoms with Crippen LogP contribution >= 0.6 is 0 Å². The number of piperazine rings is 1. The molecule has 1 atom stereocenters. The number of hydrogen-bond acceptors (Lipinski definition) is 2. The van der Waals surface area contributed by atoms with Crippen molar-refractivity contribution in [1.82, 2.24) is 10.2 Å². The van der Waals surface area contributed by atoms with E-state index in [1.165, 1.54) is 6.07 Å². The normalized spacial score (nSPS) is 19.4. The number of nitrogens with one attached hydrogen (secondary N) is 1.